The second-order valence-corrected chi connectivity index (χ2v) is 12.7. The molecule has 1 heteroatoms. The van der Waals surface area contributed by atoms with Gasteiger partial charge in [0.05, 0.1) is 0 Å². The second kappa shape index (κ2) is 11.4. The summed E-state index contributed by atoms with van der Waals surface area (Å²) < 4.78 is 0. The van der Waals surface area contributed by atoms with Gasteiger partial charge >= 0.3 is 0 Å². The van der Waals surface area contributed by atoms with Gasteiger partial charge in [-0.05, 0) is 110 Å². The molecule has 8 rings (SSSR count). The summed E-state index contributed by atoms with van der Waals surface area (Å²) in [6, 6.07) is 61.4. The van der Waals surface area contributed by atoms with E-state index in [0.717, 1.165) is 17.1 Å². The third-order valence-electron chi connectivity index (χ3n) is 9.47. The quantitative estimate of drug-likeness (QED) is 0.186. The Morgan fingerprint density at radius 1 is 0.391 bits per heavy atom. The van der Waals surface area contributed by atoms with E-state index in [1.165, 1.54) is 55.3 Å². The molecule has 0 aliphatic heterocycles. The molecule has 7 aromatic rings. The van der Waals surface area contributed by atoms with Crippen molar-refractivity contribution in [1.29, 1.82) is 0 Å². The predicted octanol–water partition coefficient (Wildman–Crippen LogP) is 12.5. The molecule has 7 aromatic carbocycles. The van der Waals surface area contributed by atoms with Gasteiger partial charge in [-0.3, -0.25) is 0 Å². The molecule has 0 saturated carbocycles. The van der Waals surface area contributed by atoms with Crippen LogP contribution in [-0.2, 0) is 5.41 Å². The Hall–Kier alpha value is -5.66. The summed E-state index contributed by atoms with van der Waals surface area (Å²) in [5.74, 6) is 0. The Balaban J connectivity index is 1.17. The fourth-order valence-corrected chi connectivity index (χ4v) is 6.95. The number of anilines is 3. The van der Waals surface area contributed by atoms with Crippen molar-refractivity contribution in [3.8, 4) is 22.3 Å². The summed E-state index contributed by atoms with van der Waals surface area (Å²) in [6.45, 7) is 4.70. The molecule has 0 N–H and O–H groups in total. The van der Waals surface area contributed by atoms with E-state index in [-0.39, 0.29) is 5.41 Å². The van der Waals surface area contributed by atoms with E-state index in [1.54, 1.807) is 0 Å². The summed E-state index contributed by atoms with van der Waals surface area (Å²) in [6.07, 6.45) is 2.39. The van der Waals surface area contributed by atoms with Crippen LogP contribution in [0.15, 0.2) is 170 Å². The SMILES string of the molecule is CC1(C)C(c2ccc(N(c3ccc(-c4ccccc4)cc3)c3ccc(-c4ccccc4)cc3)cc2)=Cc2cc3ccccc3cc21. The molecule has 0 spiro atoms. The van der Waals surface area contributed by atoms with E-state index in [9.17, 15) is 0 Å². The summed E-state index contributed by atoms with van der Waals surface area (Å²) in [4.78, 5) is 2.35. The molecule has 0 unspecified atom stereocenters. The Bertz CT molecular complexity index is 2090. The van der Waals surface area contributed by atoms with Gasteiger partial charge in [-0.15, -0.1) is 0 Å². The first kappa shape index (κ1) is 27.9. The lowest BCUT2D eigenvalue weighted by Gasteiger charge is -2.28. The van der Waals surface area contributed by atoms with Crippen LogP contribution in [0.5, 0.6) is 0 Å². The van der Waals surface area contributed by atoms with Crippen LogP contribution < -0.4 is 4.90 Å². The molecule has 0 saturated heterocycles. The van der Waals surface area contributed by atoms with Crippen molar-refractivity contribution in [2.24, 2.45) is 0 Å². The maximum absolute atomic E-state index is 2.39. The third kappa shape index (κ3) is 5.01. The number of hydrogen-bond donors (Lipinski definition) is 0. The van der Waals surface area contributed by atoms with Gasteiger partial charge in [0.15, 0.2) is 0 Å². The number of fused-ring (bicyclic) bond motifs is 2. The van der Waals surface area contributed by atoms with Crippen molar-refractivity contribution >= 4 is 39.5 Å². The van der Waals surface area contributed by atoms with Gasteiger partial charge in [-0.25, -0.2) is 0 Å². The minimum absolute atomic E-state index is 0.0822. The standard InChI is InChI=1S/C45H35N/c1-45(2)43(31-39-29-37-15-9-10-16-38(37)30-44(39)45)36-21-27-42(28-22-36)46(40-23-17-34(18-24-40)32-11-5-3-6-12-32)41-25-19-35(20-26-41)33-13-7-4-8-14-33/h3-31H,1-2H3. The topological polar surface area (TPSA) is 3.24 Å². The van der Waals surface area contributed by atoms with Crippen LogP contribution in [-0.4, -0.2) is 0 Å². The molecule has 0 amide bonds. The number of allylic oxidation sites excluding steroid dienone is 1. The molecule has 46 heavy (non-hydrogen) atoms. The number of hydrogen-bond acceptors (Lipinski definition) is 1. The average Bonchev–Trinajstić information content (AvgIpc) is 3.38. The van der Waals surface area contributed by atoms with Crippen molar-refractivity contribution < 1.29 is 0 Å². The fourth-order valence-electron chi connectivity index (χ4n) is 6.95. The zero-order valence-corrected chi connectivity index (χ0v) is 26.2. The predicted molar refractivity (Wildman–Crippen MR) is 197 cm³/mol. The van der Waals surface area contributed by atoms with Crippen LogP contribution in [0.4, 0.5) is 17.1 Å². The monoisotopic (exact) mass is 589 g/mol. The molecule has 220 valence electrons. The Kier molecular flexibility index (Phi) is 6.88. The molecular weight excluding hydrogens is 555 g/mol. The van der Waals surface area contributed by atoms with Gasteiger partial charge in [0.1, 0.15) is 0 Å². The Morgan fingerprint density at radius 2 is 0.783 bits per heavy atom. The highest BCUT2D eigenvalue weighted by atomic mass is 15.1. The lowest BCUT2D eigenvalue weighted by atomic mass is 9.78. The van der Waals surface area contributed by atoms with E-state index in [4.69, 9.17) is 0 Å². The minimum Gasteiger partial charge on any atom is -0.311 e. The van der Waals surface area contributed by atoms with E-state index in [0.29, 0.717) is 0 Å². The zero-order valence-electron chi connectivity index (χ0n) is 26.2. The van der Waals surface area contributed by atoms with Gasteiger partial charge in [0.25, 0.3) is 0 Å². The number of nitrogens with zero attached hydrogens (tertiary/aromatic N) is 1. The van der Waals surface area contributed by atoms with Crippen molar-refractivity contribution in [2.45, 2.75) is 19.3 Å². The van der Waals surface area contributed by atoms with Crippen molar-refractivity contribution in [2.75, 3.05) is 4.90 Å². The van der Waals surface area contributed by atoms with E-state index in [1.807, 2.05) is 0 Å². The van der Waals surface area contributed by atoms with Crippen LogP contribution in [0.25, 0.3) is 44.7 Å². The van der Waals surface area contributed by atoms with Crippen LogP contribution in [0.3, 0.4) is 0 Å². The summed E-state index contributed by atoms with van der Waals surface area (Å²) in [5.41, 5.74) is 13.5. The molecule has 1 aliphatic carbocycles. The summed E-state index contributed by atoms with van der Waals surface area (Å²) >= 11 is 0. The smallest absolute Gasteiger partial charge is 0.0462 e. The van der Waals surface area contributed by atoms with E-state index >= 15 is 0 Å². The minimum atomic E-state index is -0.0822. The van der Waals surface area contributed by atoms with Gasteiger partial charge in [0, 0.05) is 22.5 Å². The molecule has 0 heterocycles. The average molecular weight is 590 g/mol. The molecule has 1 aliphatic rings. The van der Waals surface area contributed by atoms with Crippen LogP contribution in [0, 0.1) is 0 Å². The first-order valence-electron chi connectivity index (χ1n) is 16.0. The first-order valence-corrected chi connectivity index (χ1v) is 16.0. The normalized spacial score (nSPS) is 13.3. The Morgan fingerprint density at radius 3 is 1.26 bits per heavy atom. The van der Waals surface area contributed by atoms with Crippen molar-refractivity contribution in [1.82, 2.24) is 0 Å². The Labute approximate surface area is 271 Å². The first-order chi connectivity index (χ1) is 22.5. The largest absolute Gasteiger partial charge is 0.311 e. The molecule has 0 aromatic heterocycles. The molecule has 0 bridgehead atoms. The van der Waals surface area contributed by atoms with Crippen molar-refractivity contribution in [3.05, 3.63) is 187 Å². The molecule has 0 atom stereocenters. The number of benzene rings is 7. The van der Waals surface area contributed by atoms with E-state index < -0.39 is 0 Å². The highest BCUT2D eigenvalue weighted by molar-refractivity contribution is 5.98. The van der Waals surface area contributed by atoms with Gasteiger partial charge in [-0.2, -0.15) is 0 Å². The highest BCUT2D eigenvalue weighted by Crippen LogP contribution is 2.48. The van der Waals surface area contributed by atoms with Gasteiger partial charge in [-0.1, -0.05) is 135 Å². The molecule has 0 fully saturated rings. The van der Waals surface area contributed by atoms with Crippen LogP contribution in [0.1, 0.15) is 30.5 Å². The lowest BCUT2D eigenvalue weighted by Crippen LogP contribution is -2.16. The van der Waals surface area contributed by atoms with Gasteiger partial charge in [0.2, 0.25) is 0 Å². The summed E-state index contributed by atoms with van der Waals surface area (Å²) in [5, 5.41) is 2.59. The maximum atomic E-state index is 2.39. The van der Waals surface area contributed by atoms with Gasteiger partial charge < -0.3 is 4.90 Å². The van der Waals surface area contributed by atoms with Crippen LogP contribution >= 0.6 is 0 Å². The molecular formula is C45H35N. The summed E-state index contributed by atoms with van der Waals surface area (Å²) in [7, 11) is 0. The lowest BCUT2D eigenvalue weighted by molar-refractivity contribution is 0.705. The fraction of sp³-hybridized carbons (Fsp3) is 0.0667. The maximum Gasteiger partial charge on any atom is 0.0462 e. The third-order valence-corrected chi connectivity index (χ3v) is 9.47. The second-order valence-electron chi connectivity index (χ2n) is 12.7. The number of rotatable bonds is 6. The van der Waals surface area contributed by atoms with E-state index in [2.05, 4.69) is 195 Å². The van der Waals surface area contributed by atoms with Crippen molar-refractivity contribution in [3.63, 3.8) is 0 Å². The highest BCUT2D eigenvalue weighted by Gasteiger charge is 2.34. The molecule has 1 nitrogen and oxygen atoms in total. The molecule has 0 radical (unpaired) electrons. The zero-order chi connectivity index (χ0) is 31.1. The van der Waals surface area contributed by atoms with Crippen LogP contribution in [0.2, 0.25) is 0 Å².